The van der Waals surface area contributed by atoms with E-state index in [0.717, 1.165) is 0 Å². The van der Waals surface area contributed by atoms with Crippen molar-refractivity contribution in [3.63, 3.8) is 0 Å². The lowest BCUT2D eigenvalue weighted by atomic mass is 9.97. The third-order valence-electron chi connectivity index (χ3n) is 2.79. The van der Waals surface area contributed by atoms with Crippen LogP contribution in [0.1, 0.15) is 46.3 Å². The fourth-order valence-corrected chi connectivity index (χ4v) is 1.56. The van der Waals surface area contributed by atoms with Gasteiger partial charge >= 0.3 is 6.03 Å². The maximum absolute atomic E-state index is 11.7. The molecule has 6 nitrogen and oxygen atoms in total. The molecule has 1 rings (SSSR count). The minimum atomic E-state index is -0.143. The van der Waals surface area contributed by atoms with Crippen LogP contribution in [0.4, 0.5) is 4.79 Å². The summed E-state index contributed by atoms with van der Waals surface area (Å²) in [6.45, 7) is 11.9. The van der Waals surface area contributed by atoms with Crippen LogP contribution in [-0.4, -0.2) is 40.7 Å². The summed E-state index contributed by atoms with van der Waals surface area (Å²) in [7, 11) is 0. The van der Waals surface area contributed by atoms with Gasteiger partial charge in [0.1, 0.15) is 0 Å². The van der Waals surface area contributed by atoms with Crippen molar-refractivity contribution in [1.82, 2.24) is 20.4 Å². The summed E-state index contributed by atoms with van der Waals surface area (Å²) < 4.78 is 5.19. The second-order valence-corrected chi connectivity index (χ2v) is 5.42. The van der Waals surface area contributed by atoms with Gasteiger partial charge in [-0.2, -0.15) is 4.98 Å². The molecular formula is C13H24N4O2. The zero-order valence-corrected chi connectivity index (χ0v) is 12.5. The van der Waals surface area contributed by atoms with Crippen molar-refractivity contribution < 1.29 is 9.32 Å². The number of aromatic nitrogens is 2. The van der Waals surface area contributed by atoms with E-state index in [1.165, 1.54) is 0 Å². The molecule has 0 spiro atoms. The lowest BCUT2D eigenvalue weighted by molar-refractivity contribution is 0.203. The highest BCUT2D eigenvalue weighted by atomic mass is 16.5. The van der Waals surface area contributed by atoms with Crippen molar-refractivity contribution in [2.45, 2.75) is 46.5 Å². The first-order valence-electron chi connectivity index (χ1n) is 6.74. The lowest BCUT2D eigenvalue weighted by Gasteiger charge is -2.18. The molecule has 2 amide bonds. The standard InChI is InChI=1S/C13H24N4O2/c1-6-17(7-2)12(18)14-9-8-10-15-11(19-16-10)13(3,4)5/h6-9H2,1-5H3,(H,14,18). The van der Waals surface area contributed by atoms with Gasteiger partial charge in [0.05, 0.1) is 0 Å². The molecule has 0 aromatic carbocycles. The SMILES string of the molecule is CCN(CC)C(=O)NCCc1noc(C(C)(C)C)n1. The van der Waals surface area contributed by atoms with Gasteiger partial charge in [-0.3, -0.25) is 0 Å². The summed E-state index contributed by atoms with van der Waals surface area (Å²) in [6.07, 6.45) is 0.576. The fraction of sp³-hybridized carbons (Fsp3) is 0.769. The molecule has 0 unspecified atom stereocenters. The van der Waals surface area contributed by atoms with Crippen molar-refractivity contribution in [1.29, 1.82) is 0 Å². The molecule has 0 atom stereocenters. The Balaban J connectivity index is 2.41. The molecule has 0 aliphatic heterocycles. The highest BCUT2D eigenvalue weighted by molar-refractivity contribution is 5.74. The minimum absolute atomic E-state index is 0.0514. The smallest absolute Gasteiger partial charge is 0.317 e. The van der Waals surface area contributed by atoms with Crippen LogP contribution in [0.2, 0.25) is 0 Å². The fourth-order valence-electron chi connectivity index (χ4n) is 1.56. The lowest BCUT2D eigenvalue weighted by Crippen LogP contribution is -2.40. The van der Waals surface area contributed by atoms with Crippen molar-refractivity contribution >= 4 is 6.03 Å². The van der Waals surface area contributed by atoms with Crippen LogP contribution in [0, 0.1) is 0 Å². The monoisotopic (exact) mass is 268 g/mol. The molecule has 1 aromatic heterocycles. The third-order valence-corrected chi connectivity index (χ3v) is 2.79. The van der Waals surface area contributed by atoms with Gasteiger partial charge in [-0.15, -0.1) is 0 Å². The molecule has 1 aromatic rings. The molecule has 0 fully saturated rings. The van der Waals surface area contributed by atoms with Gasteiger partial charge in [0.15, 0.2) is 5.82 Å². The number of rotatable bonds is 5. The van der Waals surface area contributed by atoms with Crippen molar-refractivity contribution in [2.75, 3.05) is 19.6 Å². The maximum atomic E-state index is 11.7. The highest BCUT2D eigenvalue weighted by Crippen LogP contribution is 2.19. The molecule has 19 heavy (non-hydrogen) atoms. The first-order chi connectivity index (χ1) is 8.88. The molecule has 1 N–H and O–H groups in total. The number of carbonyl (C=O) groups is 1. The second-order valence-electron chi connectivity index (χ2n) is 5.42. The van der Waals surface area contributed by atoms with Gasteiger partial charge in [0.25, 0.3) is 0 Å². The van der Waals surface area contributed by atoms with Crippen molar-refractivity contribution in [3.8, 4) is 0 Å². The van der Waals surface area contributed by atoms with Crippen molar-refractivity contribution in [3.05, 3.63) is 11.7 Å². The highest BCUT2D eigenvalue weighted by Gasteiger charge is 2.21. The van der Waals surface area contributed by atoms with Gasteiger partial charge in [0.2, 0.25) is 5.89 Å². The summed E-state index contributed by atoms with van der Waals surface area (Å²) in [4.78, 5) is 17.8. The number of urea groups is 1. The normalized spacial score (nSPS) is 11.4. The van der Waals surface area contributed by atoms with Crippen LogP contribution in [0.15, 0.2) is 4.52 Å². The topological polar surface area (TPSA) is 71.3 Å². The van der Waals surface area contributed by atoms with Crippen LogP contribution in [0.25, 0.3) is 0 Å². The number of nitrogens with one attached hydrogen (secondary N) is 1. The summed E-state index contributed by atoms with van der Waals surface area (Å²) in [5, 5.41) is 6.76. The van der Waals surface area contributed by atoms with E-state index in [0.29, 0.717) is 37.8 Å². The Hall–Kier alpha value is -1.59. The summed E-state index contributed by atoms with van der Waals surface area (Å²) in [5.74, 6) is 1.25. The molecular weight excluding hydrogens is 244 g/mol. The molecule has 0 bridgehead atoms. The zero-order valence-electron chi connectivity index (χ0n) is 12.5. The second kappa shape index (κ2) is 6.54. The molecule has 0 saturated heterocycles. The first-order valence-corrected chi connectivity index (χ1v) is 6.74. The first kappa shape index (κ1) is 15.5. The molecule has 108 valence electrons. The maximum Gasteiger partial charge on any atom is 0.317 e. The van der Waals surface area contributed by atoms with Gasteiger partial charge in [-0.25, -0.2) is 4.79 Å². The summed E-state index contributed by atoms with van der Waals surface area (Å²) in [5.41, 5.74) is -0.143. The predicted molar refractivity (Wildman–Crippen MR) is 73.0 cm³/mol. The van der Waals surface area contributed by atoms with E-state index in [2.05, 4.69) is 15.5 Å². The Labute approximate surface area is 114 Å². The van der Waals surface area contributed by atoms with Crippen LogP contribution in [0.3, 0.4) is 0 Å². The van der Waals surface area contributed by atoms with E-state index < -0.39 is 0 Å². The van der Waals surface area contributed by atoms with E-state index in [1.54, 1.807) is 4.90 Å². The Morgan fingerprint density at radius 1 is 1.32 bits per heavy atom. The average Bonchev–Trinajstić information content (AvgIpc) is 2.79. The van der Waals surface area contributed by atoms with E-state index in [4.69, 9.17) is 4.52 Å². The molecule has 6 heteroatoms. The van der Waals surface area contributed by atoms with E-state index >= 15 is 0 Å². The van der Waals surface area contributed by atoms with Crippen LogP contribution in [0.5, 0.6) is 0 Å². The number of nitrogens with zero attached hydrogens (tertiary/aromatic N) is 3. The van der Waals surface area contributed by atoms with Crippen LogP contribution < -0.4 is 5.32 Å². The van der Waals surface area contributed by atoms with Crippen LogP contribution in [-0.2, 0) is 11.8 Å². The van der Waals surface area contributed by atoms with E-state index in [-0.39, 0.29) is 11.4 Å². The third kappa shape index (κ3) is 4.54. The Bertz CT molecular complexity index is 405. The van der Waals surface area contributed by atoms with Crippen molar-refractivity contribution in [2.24, 2.45) is 0 Å². The van der Waals surface area contributed by atoms with E-state index in [9.17, 15) is 4.79 Å². The predicted octanol–water partition coefficient (Wildman–Crippen LogP) is 1.96. The minimum Gasteiger partial charge on any atom is -0.339 e. The van der Waals surface area contributed by atoms with Gasteiger partial charge in [-0.05, 0) is 13.8 Å². The number of hydrogen-bond acceptors (Lipinski definition) is 4. The molecule has 1 heterocycles. The molecule has 0 radical (unpaired) electrons. The van der Waals surface area contributed by atoms with Crippen LogP contribution >= 0.6 is 0 Å². The molecule has 0 saturated carbocycles. The number of amides is 2. The summed E-state index contributed by atoms with van der Waals surface area (Å²) in [6, 6.07) is -0.0514. The number of carbonyl (C=O) groups excluding carboxylic acids is 1. The Morgan fingerprint density at radius 3 is 2.42 bits per heavy atom. The Kier molecular flexibility index (Phi) is 5.32. The Morgan fingerprint density at radius 2 is 1.95 bits per heavy atom. The average molecular weight is 268 g/mol. The summed E-state index contributed by atoms with van der Waals surface area (Å²) >= 11 is 0. The van der Waals surface area contributed by atoms with Gasteiger partial charge in [0, 0.05) is 31.5 Å². The largest absolute Gasteiger partial charge is 0.339 e. The quantitative estimate of drug-likeness (QED) is 0.886. The zero-order chi connectivity index (χ0) is 14.5. The number of hydrogen-bond donors (Lipinski definition) is 1. The molecule has 0 aliphatic carbocycles. The van der Waals surface area contributed by atoms with Gasteiger partial charge < -0.3 is 14.7 Å². The van der Waals surface area contributed by atoms with E-state index in [1.807, 2.05) is 34.6 Å². The molecule has 0 aliphatic rings. The van der Waals surface area contributed by atoms with Gasteiger partial charge in [-0.1, -0.05) is 25.9 Å².